The quantitative estimate of drug-likeness (QED) is 0.416. The highest BCUT2D eigenvalue weighted by Crippen LogP contribution is 2.46. The molecule has 2 aliphatic rings. The summed E-state index contributed by atoms with van der Waals surface area (Å²) in [4.78, 5) is 9.49. The fourth-order valence-electron chi connectivity index (χ4n) is 3.67. The fraction of sp³-hybridized carbons (Fsp3) is 0.944. The van der Waals surface area contributed by atoms with Gasteiger partial charge in [-0.1, -0.05) is 20.8 Å². The molecule has 23 heavy (non-hydrogen) atoms. The van der Waals surface area contributed by atoms with Crippen LogP contribution in [0.4, 0.5) is 0 Å². The molecule has 2 heterocycles. The van der Waals surface area contributed by atoms with Crippen LogP contribution in [0.1, 0.15) is 53.9 Å². The molecule has 1 N–H and O–H groups in total. The van der Waals surface area contributed by atoms with E-state index in [2.05, 4.69) is 54.7 Å². The lowest BCUT2D eigenvalue weighted by Crippen LogP contribution is -2.72. The van der Waals surface area contributed by atoms with Gasteiger partial charge in [0.1, 0.15) is 0 Å². The first-order valence-corrected chi connectivity index (χ1v) is 9.02. The summed E-state index contributed by atoms with van der Waals surface area (Å²) in [5.41, 5.74) is 0.541. The Morgan fingerprint density at radius 3 is 2.22 bits per heavy atom. The maximum absolute atomic E-state index is 4.50. The number of likely N-dealkylation sites (tertiary alicyclic amines) is 2. The molecule has 2 rings (SSSR count). The van der Waals surface area contributed by atoms with Crippen molar-refractivity contribution in [3.63, 3.8) is 0 Å². The largest absolute Gasteiger partial charge is 0.356 e. The maximum Gasteiger partial charge on any atom is 0.194 e. The first kappa shape index (κ1) is 21.0. The summed E-state index contributed by atoms with van der Waals surface area (Å²) in [5.74, 6) is 1.96. The highest BCUT2D eigenvalue weighted by molar-refractivity contribution is 14.0. The van der Waals surface area contributed by atoms with Crippen LogP contribution in [0.5, 0.6) is 0 Å². The second-order valence-corrected chi connectivity index (χ2v) is 8.17. The molecule has 0 atom stereocenters. The summed E-state index contributed by atoms with van der Waals surface area (Å²) in [6.45, 7) is 17.5. The molecule has 2 fully saturated rings. The number of hydrogen-bond acceptors (Lipinski definition) is 2. The Balaban J connectivity index is 0.00000264. The van der Waals surface area contributed by atoms with E-state index in [0.29, 0.717) is 5.41 Å². The molecule has 0 aromatic heterocycles. The van der Waals surface area contributed by atoms with Gasteiger partial charge in [-0.3, -0.25) is 4.99 Å². The van der Waals surface area contributed by atoms with Crippen LogP contribution in [-0.2, 0) is 0 Å². The van der Waals surface area contributed by atoms with Crippen molar-refractivity contribution in [1.82, 2.24) is 15.1 Å². The van der Waals surface area contributed by atoms with Gasteiger partial charge < -0.3 is 15.1 Å². The molecule has 2 saturated heterocycles. The van der Waals surface area contributed by atoms with E-state index in [1.165, 1.54) is 38.9 Å². The third kappa shape index (κ3) is 4.53. The van der Waals surface area contributed by atoms with E-state index in [1.54, 1.807) is 0 Å². The predicted octanol–water partition coefficient (Wildman–Crippen LogP) is 3.42. The number of nitrogens with one attached hydrogen (secondary N) is 1. The molecule has 0 unspecified atom stereocenters. The number of piperidine rings is 1. The van der Waals surface area contributed by atoms with Gasteiger partial charge in [0.2, 0.25) is 0 Å². The van der Waals surface area contributed by atoms with Crippen LogP contribution in [0.15, 0.2) is 4.99 Å². The third-order valence-electron chi connectivity index (χ3n) is 6.34. The van der Waals surface area contributed by atoms with Gasteiger partial charge in [-0.25, -0.2) is 0 Å². The minimum absolute atomic E-state index is 0. The lowest BCUT2D eigenvalue weighted by Gasteiger charge is -2.62. The van der Waals surface area contributed by atoms with E-state index in [1.807, 2.05) is 7.05 Å². The van der Waals surface area contributed by atoms with Gasteiger partial charge in [-0.05, 0) is 58.7 Å². The van der Waals surface area contributed by atoms with Crippen molar-refractivity contribution < 1.29 is 0 Å². The number of hydrogen-bond donors (Lipinski definition) is 1. The van der Waals surface area contributed by atoms with Gasteiger partial charge in [0.05, 0.1) is 0 Å². The van der Waals surface area contributed by atoms with Crippen molar-refractivity contribution in [2.45, 2.75) is 59.4 Å². The lowest BCUT2D eigenvalue weighted by molar-refractivity contribution is -0.0667. The Morgan fingerprint density at radius 2 is 1.78 bits per heavy atom. The van der Waals surface area contributed by atoms with Crippen LogP contribution in [0.25, 0.3) is 0 Å². The predicted molar refractivity (Wildman–Crippen MR) is 111 cm³/mol. The molecule has 0 bridgehead atoms. The number of nitrogens with zero attached hydrogens (tertiary/aromatic N) is 3. The van der Waals surface area contributed by atoms with E-state index in [-0.39, 0.29) is 29.5 Å². The number of rotatable bonds is 4. The average molecular weight is 436 g/mol. The Morgan fingerprint density at radius 1 is 1.17 bits per heavy atom. The number of aliphatic imine (C=N–C) groups is 1. The van der Waals surface area contributed by atoms with Crippen LogP contribution in [0, 0.1) is 11.3 Å². The van der Waals surface area contributed by atoms with Gasteiger partial charge >= 0.3 is 0 Å². The molecule has 0 aliphatic carbocycles. The van der Waals surface area contributed by atoms with Crippen molar-refractivity contribution in [2.24, 2.45) is 16.3 Å². The Hall–Kier alpha value is -0.0400. The molecule has 5 heteroatoms. The van der Waals surface area contributed by atoms with Crippen molar-refractivity contribution in [3.8, 4) is 0 Å². The monoisotopic (exact) mass is 436 g/mol. The van der Waals surface area contributed by atoms with Crippen molar-refractivity contribution in [3.05, 3.63) is 0 Å². The lowest BCUT2D eigenvalue weighted by atomic mass is 9.65. The summed E-state index contributed by atoms with van der Waals surface area (Å²) >= 11 is 0. The van der Waals surface area contributed by atoms with Gasteiger partial charge in [-0.15, -0.1) is 24.0 Å². The Bertz CT molecular complexity index is 398. The Kier molecular flexibility index (Phi) is 7.64. The molecule has 0 radical (unpaired) electrons. The van der Waals surface area contributed by atoms with E-state index in [0.717, 1.165) is 25.0 Å². The average Bonchev–Trinajstić information content (AvgIpc) is 2.50. The first-order valence-electron chi connectivity index (χ1n) is 9.02. The number of guanidine groups is 1. The highest BCUT2D eigenvalue weighted by atomic mass is 127. The fourth-order valence-corrected chi connectivity index (χ4v) is 3.67. The number of halogens is 1. The molecule has 0 saturated carbocycles. The molecule has 136 valence electrons. The molecule has 0 spiro atoms. The molecule has 2 aliphatic heterocycles. The van der Waals surface area contributed by atoms with E-state index in [4.69, 9.17) is 0 Å². The molecule has 0 amide bonds. The minimum Gasteiger partial charge on any atom is -0.356 e. The van der Waals surface area contributed by atoms with Crippen molar-refractivity contribution in [2.75, 3.05) is 39.8 Å². The highest BCUT2D eigenvalue weighted by Gasteiger charge is 2.53. The van der Waals surface area contributed by atoms with Crippen LogP contribution in [0.3, 0.4) is 0 Å². The van der Waals surface area contributed by atoms with Gasteiger partial charge in [0, 0.05) is 31.1 Å². The second-order valence-electron chi connectivity index (χ2n) is 8.17. The molecular weight excluding hydrogens is 399 g/mol. The zero-order valence-electron chi connectivity index (χ0n) is 16.0. The second kappa shape index (κ2) is 8.37. The van der Waals surface area contributed by atoms with Gasteiger partial charge in [0.25, 0.3) is 0 Å². The van der Waals surface area contributed by atoms with Gasteiger partial charge in [-0.2, -0.15) is 0 Å². The normalized spacial score (nSPS) is 24.8. The zero-order chi connectivity index (χ0) is 16.4. The summed E-state index contributed by atoms with van der Waals surface area (Å²) in [7, 11) is 1.91. The minimum atomic E-state index is 0. The summed E-state index contributed by atoms with van der Waals surface area (Å²) in [5, 5.41) is 3.60. The van der Waals surface area contributed by atoms with E-state index in [9.17, 15) is 0 Å². The standard InChI is InChI=1S/C18H36N4.HI/c1-7-21-12-9-15(10-13-21)8-11-20-16(19-6)22-14-17(2,3)18(22,4)5;/h15H,7-14H2,1-6H3,(H,19,20);1H. The molecule has 0 aromatic rings. The molecule has 4 nitrogen and oxygen atoms in total. The first-order chi connectivity index (χ1) is 10.3. The Labute approximate surface area is 160 Å². The van der Waals surface area contributed by atoms with Crippen LogP contribution in [0.2, 0.25) is 0 Å². The SMILES string of the molecule is CCN1CCC(CCNC(=NC)N2CC(C)(C)C2(C)C)CC1.I. The smallest absolute Gasteiger partial charge is 0.194 e. The van der Waals surface area contributed by atoms with Crippen LogP contribution >= 0.6 is 24.0 Å². The zero-order valence-corrected chi connectivity index (χ0v) is 18.3. The van der Waals surface area contributed by atoms with Crippen LogP contribution < -0.4 is 5.32 Å². The maximum atomic E-state index is 4.50. The van der Waals surface area contributed by atoms with E-state index < -0.39 is 0 Å². The summed E-state index contributed by atoms with van der Waals surface area (Å²) < 4.78 is 0. The topological polar surface area (TPSA) is 30.9 Å². The van der Waals surface area contributed by atoms with Crippen molar-refractivity contribution >= 4 is 29.9 Å². The third-order valence-corrected chi connectivity index (χ3v) is 6.34. The van der Waals surface area contributed by atoms with Crippen molar-refractivity contribution in [1.29, 1.82) is 0 Å². The summed E-state index contributed by atoms with van der Waals surface area (Å²) in [6.07, 6.45) is 3.99. The summed E-state index contributed by atoms with van der Waals surface area (Å²) in [6, 6.07) is 0. The molecular formula is C18H37IN4. The molecule has 0 aromatic carbocycles. The van der Waals surface area contributed by atoms with Gasteiger partial charge in [0.15, 0.2) is 5.96 Å². The van der Waals surface area contributed by atoms with Crippen LogP contribution in [-0.4, -0.2) is 61.1 Å². The van der Waals surface area contributed by atoms with E-state index >= 15 is 0 Å².